The highest BCUT2D eigenvalue weighted by atomic mass is 32.2. The summed E-state index contributed by atoms with van der Waals surface area (Å²) < 4.78 is 10.9. The van der Waals surface area contributed by atoms with Gasteiger partial charge in [0.1, 0.15) is 5.75 Å². The van der Waals surface area contributed by atoms with Gasteiger partial charge in [-0.15, -0.1) is 10.2 Å². The number of nitrogens with one attached hydrogen (secondary N) is 2. The molecular weight excluding hydrogens is 452 g/mol. The Balaban J connectivity index is 1.26. The third-order valence-corrected chi connectivity index (χ3v) is 5.58. The normalized spacial score (nSPS) is 10.5. The monoisotopic (exact) mass is 474 g/mol. The summed E-state index contributed by atoms with van der Waals surface area (Å²) in [5, 5.41) is 14.0. The molecule has 172 valence electrons. The highest BCUT2D eigenvalue weighted by Gasteiger charge is 2.12. The maximum atomic E-state index is 12.5. The lowest BCUT2D eigenvalue weighted by molar-refractivity contribution is -0.113. The van der Waals surface area contributed by atoms with Crippen molar-refractivity contribution in [2.24, 2.45) is 0 Å². The van der Waals surface area contributed by atoms with Gasteiger partial charge >= 0.3 is 0 Å². The van der Waals surface area contributed by atoms with Crippen LogP contribution in [0.25, 0.3) is 0 Å². The van der Waals surface area contributed by atoms with Gasteiger partial charge in [0, 0.05) is 11.3 Å². The van der Waals surface area contributed by atoms with Gasteiger partial charge in [0.2, 0.25) is 11.8 Å². The lowest BCUT2D eigenvalue weighted by atomic mass is 10.2. The summed E-state index contributed by atoms with van der Waals surface area (Å²) in [5.74, 6) is 0.685. The van der Waals surface area contributed by atoms with E-state index < -0.39 is 0 Å². The van der Waals surface area contributed by atoms with Crippen LogP contribution in [-0.4, -0.2) is 34.9 Å². The second kappa shape index (κ2) is 11.2. The van der Waals surface area contributed by atoms with Crippen molar-refractivity contribution in [1.82, 2.24) is 10.2 Å². The van der Waals surface area contributed by atoms with E-state index in [-0.39, 0.29) is 17.6 Å². The molecule has 0 saturated carbocycles. The van der Waals surface area contributed by atoms with Crippen LogP contribution in [0.3, 0.4) is 0 Å². The average Bonchev–Trinajstić information content (AvgIpc) is 3.31. The summed E-state index contributed by atoms with van der Waals surface area (Å²) in [6.45, 7) is 0. The van der Waals surface area contributed by atoms with Crippen LogP contribution in [0, 0.1) is 0 Å². The number of carbonyl (C=O) groups excluding carboxylic acids is 2. The predicted molar refractivity (Wildman–Crippen MR) is 130 cm³/mol. The van der Waals surface area contributed by atoms with E-state index in [0.29, 0.717) is 40.2 Å². The summed E-state index contributed by atoms with van der Waals surface area (Å²) in [5.41, 5.74) is 2.68. The molecule has 8 nitrogen and oxygen atoms in total. The minimum atomic E-state index is -0.277. The Morgan fingerprint density at radius 2 is 1.65 bits per heavy atom. The van der Waals surface area contributed by atoms with Crippen LogP contribution in [0.15, 0.2) is 88.5 Å². The topological polar surface area (TPSA) is 106 Å². The van der Waals surface area contributed by atoms with Crippen LogP contribution >= 0.6 is 11.8 Å². The minimum Gasteiger partial charge on any atom is -0.495 e. The first-order valence-corrected chi connectivity index (χ1v) is 11.4. The third kappa shape index (κ3) is 6.23. The Morgan fingerprint density at radius 3 is 2.41 bits per heavy atom. The first kappa shape index (κ1) is 23.1. The van der Waals surface area contributed by atoms with Crippen LogP contribution in [0.4, 0.5) is 11.4 Å². The summed E-state index contributed by atoms with van der Waals surface area (Å²) in [7, 11) is 1.54. The Hall–Kier alpha value is -4.11. The van der Waals surface area contributed by atoms with Gasteiger partial charge in [0.25, 0.3) is 11.1 Å². The maximum absolute atomic E-state index is 12.5. The molecule has 0 aliphatic heterocycles. The minimum absolute atomic E-state index is 0.114. The van der Waals surface area contributed by atoms with Crippen LogP contribution in [0.2, 0.25) is 0 Å². The number of aromatic nitrogens is 2. The molecule has 0 unspecified atom stereocenters. The van der Waals surface area contributed by atoms with Crippen molar-refractivity contribution in [2.75, 3.05) is 23.5 Å². The summed E-state index contributed by atoms with van der Waals surface area (Å²) in [6.07, 6.45) is 0.539. The zero-order valence-corrected chi connectivity index (χ0v) is 19.2. The van der Waals surface area contributed by atoms with E-state index >= 15 is 0 Å². The lowest BCUT2D eigenvalue weighted by Crippen LogP contribution is -2.15. The molecule has 3 aromatic carbocycles. The number of amides is 2. The third-order valence-electron chi connectivity index (χ3n) is 4.76. The number of nitrogens with zero attached hydrogens (tertiary/aromatic N) is 2. The Bertz CT molecular complexity index is 1260. The molecule has 0 spiro atoms. The van der Waals surface area contributed by atoms with Gasteiger partial charge in [0.15, 0.2) is 0 Å². The fourth-order valence-corrected chi connectivity index (χ4v) is 3.69. The Labute approximate surface area is 200 Å². The van der Waals surface area contributed by atoms with Crippen LogP contribution in [-0.2, 0) is 11.2 Å². The average molecular weight is 475 g/mol. The highest BCUT2D eigenvalue weighted by molar-refractivity contribution is 7.99. The van der Waals surface area contributed by atoms with Gasteiger partial charge in [0.05, 0.1) is 25.0 Å². The van der Waals surface area contributed by atoms with Crippen LogP contribution < -0.4 is 15.4 Å². The molecule has 4 rings (SSSR count). The summed E-state index contributed by atoms with van der Waals surface area (Å²) >= 11 is 1.16. The van der Waals surface area contributed by atoms with Gasteiger partial charge in [-0.3, -0.25) is 9.59 Å². The zero-order chi connectivity index (χ0) is 23.8. The van der Waals surface area contributed by atoms with E-state index in [9.17, 15) is 9.59 Å². The quantitative estimate of drug-likeness (QED) is 0.340. The van der Waals surface area contributed by atoms with Crippen molar-refractivity contribution >= 4 is 35.0 Å². The molecular formula is C25H22N4O4S. The van der Waals surface area contributed by atoms with Crippen molar-refractivity contribution in [2.45, 2.75) is 11.6 Å². The van der Waals surface area contributed by atoms with Gasteiger partial charge in [-0.05, 0) is 42.0 Å². The van der Waals surface area contributed by atoms with Gasteiger partial charge < -0.3 is 19.8 Å². The molecule has 34 heavy (non-hydrogen) atoms. The fraction of sp³-hybridized carbons (Fsp3) is 0.120. The van der Waals surface area contributed by atoms with Gasteiger partial charge in [-0.1, -0.05) is 54.2 Å². The van der Waals surface area contributed by atoms with Crippen molar-refractivity contribution in [3.8, 4) is 5.75 Å². The number of benzene rings is 3. The second-order valence-corrected chi connectivity index (χ2v) is 8.12. The first-order chi connectivity index (χ1) is 16.6. The molecule has 1 heterocycles. The van der Waals surface area contributed by atoms with Crippen LogP contribution in [0.1, 0.15) is 21.8 Å². The summed E-state index contributed by atoms with van der Waals surface area (Å²) in [6, 6.07) is 23.6. The van der Waals surface area contributed by atoms with Gasteiger partial charge in [-0.25, -0.2) is 0 Å². The molecule has 2 N–H and O–H groups in total. The van der Waals surface area contributed by atoms with E-state index in [4.69, 9.17) is 9.15 Å². The number of methoxy groups -OCH3 is 1. The maximum Gasteiger partial charge on any atom is 0.277 e. The van der Waals surface area contributed by atoms with E-state index in [1.165, 1.54) is 0 Å². The van der Waals surface area contributed by atoms with Gasteiger partial charge in [-0.2, -0.15) is 0 Å². The first-order valence-electron chi connectivity index (χ1n) is 10.4. The molecule has 0 aliphatic rings. The van der Waals surface area contributed by atoms with E-state index in [1.807, 2.05) is 42.5 Å². The SMILES string of the molecule is COc1ccccc1NC(=O)c1ccc(NC(=O)CSc2nnc(Cc3ccccc3)o2)cc1. The number of para-hydroxylation sites is 2. The van der Waals surface area contributed by atoms with Crippen molar-refractivity contribution in [1.29, 1.82) is 0 Å². The number of carbonyl (C=O) groups is 2. The number of hydrogen-bond donors (Lipinski definition) is 2. The largest absolute Gasteiger partial charge is 0.495 e. The number of rotatable bonds is 9. The second-order valence-electron chi connectivity index (χ2n) is 7.19. The molecule has 0 bridgehead atoms. The standard InChI is InChI=1S/C25H22N4O4S/c1-32-21-10-6-5-9-20(21)27-24(31)18-11-13-19(14-12-18)26-22(30)16-34-25-29-28-23(33-25)15-17-7-3-2-4-8-17/h2-14H,15-16H2,1H3,(H,26,30)(H,27,31). The molecule has 0 atom stereocenters. The molecule has 0 saturated heterocycles. The van der Waals surface area contributed by atoms with E-state index in [0.717, 1.165) is 17.3 Å². The predicted octanol–water partition coefficient (Wildman–Crippen LogP) is 4.65. The van der Waals surface area contributed by atoms with Crippen molar-refractivity contribution in [3.05, 3.63) is 95.9 Å². The molecule has 9 heteroatoms. The van der Waals surface area contributed by atoms with Crippen LogP contribution in [0.5, 0.6) is 5.75 Å². The lowest BCUT2D eigenvalue weighted by Gasteiger charge is -2.10. The molecule has 0 radical (unpaired) electrons. The molecule has 2 amide bonds. The highest BCUT2D eigenvalue weighted by Crippen LogP contribution is 2.24. The Morgan fingerprint density at radius 1 is 0.912 bits per heavy atom. The smallest absolute Gasteiger partial charge is 0.277 e. The summed E-state index contributed by atoms with van der Waals surface area (Å²) in [4.78, 5) is 24.8. The Kier molecular flexibility index (Phi) is 7.56. The number of hydrogen-bond acceptors (Lipinski definition) is 7. The van der Waals surface area contributed by atoms with E-state index in [2.05, 4.69) is 20.8 Å². The molecule has 0 fully saturated rings. The van der Waals surface area contributed by atoms with Crippen molar-refractivity contribution < 1.29 is 18.7 Å². The molecule has 0 aliphatic carbocycles. The number of ether oxygens (including phenoxy) is 1. The van der Waals surface area contributed by atoms with Crippen molar-refractivity contribution in [3.63, 3.8) is 0 Å². The fourth-order valence-electron chi connectivity index (χ4n) is 3.11. The zero-order valence-electron chi connectivity index (χ0n) is 18.4. The number of thioether (sulfide) groups is 1. The molecule has 1 aromatic heterocycles. The number of anilines is 2. The molecule has 4 aromatic rings. The van der Waals surface area contributed by atoms with E-state index in [1.54, 1.807) is 43.5 Å².